The number of hydrogen-bond donors (Lipinski definition) is 1. The third kappa shape index (κ3) is 6.08. The van der Waals surface area contributed by atoms with E-state index in [9.17, 15) is 5.26 Å². The summed E-state index contributed by atoms with van der Waals surface area (Å²) in [7, 11) is 6.49. The molecule has 0 radical (unpaired) electrons. The van der Waals surface area contributed by atoms with Crippen molar-refractivity contribution in [3.63, 3.8) is 0 Å². The lowest BCUT2D eigenvalue weighted by Gasteiger charge is -2.27. The van der Waals surface area contributed by atoms with Gasteiger partial charge in [0.2, 0.25) is 0 Å². The number of aryl methyl sites for hydroxylation is 1. The van der Waals surface area contributed by atoms with Gasteiger partial charge in [-0.1, -0.05) is 19.1 Å². The number of ether oxygens (including phenoxy) is 4. The van der Waals surface area contributed by atoms with E-state index in [-0.39, 0.29) is 6.04 Å². The van der Waals surface area contributed by atoms with Crippen LogP contribution in [0.4, 0.5) is 0 Å². The van der Waals surface area contributed by atoms with Crippen LogP contribution in [0.1, 0.15) is 50.2 Å². The van der Waals surface area contributed by atoms with Crippen LogP contribution >= 0.6 is 0 Å². The van der Waals surface area contributed by atoms with Gasteiger partial charge in [0.15, 0.2) is 23.0 Å². The first-order valence-electron chi connectivity index (χ1n) is 11.1. The predicted octanol–water partition coefficient (Wildman–Crippen LogP) is 5.02. The number of nitrogens with two attached hydrogens (primary N) is 1. The molecule has 0 amide bonds. The molecule has 0 fully saturated rings. The smallest absolute Gasteiger partial charge is 0.161 e. The maximum absolute atomic E-state index is 10.1. The van der Waals surface area contributed by atoms with Gasteiger partial charge in [-0.2, -0.15) is 5.26 Å². The molecule has 2 aromatic carbocycles. The highest BCUT2D eigenvalue weighted by atomic mass is 16.5. The van der Waals surface area contributed by atoms with Gasteiger partial charge in [-0.05, 0) is 73.9 Å². The molecule has 2 atom stereocenters. The Balaban J connectivity index is 1.97. The quantitative estimate of drug-likeness (QED) is 0.470. The summed E-state index contributed by atoms with van der Waals surface area (Å²) in [4.78, 5) is 0. The van der Waals surface area contributed by atoms with Crippen molar-refractivity contribution in [1.29, 1.82) is 5.26 Å². The lowest BCUT2D eigenvalue weighted by molar-refractivity contribution is 0.352. The summed E-state index contributed by atoms with van der Waals surface area (Å²) in [5.41, 5.74) is 7.97. The number of methoxy groups -OCH3 is 4. The third-order valence-electron chi connectivity index (χ3n) is 6.18. The minimum absolute atomic E-state index is 0.0711. The molecule has 0 bridgehead atoms. The van der Waals surface area contributed by atoms with E-state index in [1.54, 1.807) is 28.4 Å². The van der Waals surface area contributed by atoms with Crippen molar-refractivity contribution in [3.05, 3.63) is 47.5 Å². The second-order valence-corrected chi connectivity index (χ2v) is 8.00. The number of nitriles is 1. The van der Waals surface area contributed by atoms with Crippen LogP contribution < -0.4 is 24.7 Å². The lowest BCUT2D eigenvalue weighted by Crippen LogP contribution is -2.26. The zero-order valence-electron chi connectivity index (χ0n) is 19.9. The van der Waals surface area contributed by atoms with Gasteiger partial charge in [0.25, 0.3) is 0 Å². The number of rotatable bonds is 13. The summed E-state index contributed by atoms with van der Waals surface area (Å²) < 4.78 is 21.4. The molecule has 174 valence electrons. The Kier molecular flexibility index (Phi) is 9.67. The zero-order chi connectivity index (χ0) is 23.6. The van der Waals surface area contributed by atoms with E-state index in [4.69, 9.17) is 24.7 Å². The molecule has 0 aliphatic heterocycles. The standard InChI is InChI=1S/C26H36N2O4/c1-6-26(18-27,20-11-14-23(30-3)25(17-20)32-5)15-7-8-21(28)12-9-19-10-13-22(29-2)24(16-19)31-4/h10-11,13-14,16-17,21H,6-9,12,15,28H2,1-5H3/t21-,26+/m0/s1. The average Bonchev–Trinajstić information content (AvgIpc) is 2.84. The zero-order valence-corrected chi connectivity index (χ0v) is 19.9. The van der Waals surface area contributed by atoms with Gasteiger partial charge < -0.3 is 24.7 Å². The monoisotopic (exact) mass is 440 g/mol. The largest absolute Gasteiger partial charge is 0.493 e. The summed E-state index contributed by atoms with van der Waals surface area (Å²) in [5, 5.41) is 10.1. The first-order valence-corrected chi connectivity index (χ1v) is 11.1. The van der Waals surface area contributed by atoms with E-state index in [0.29, 0.717) is 11.5 Å². The van der Waals surface area contributed by atoms with E-state index in [0.717, 1.165) is 55.6 Å². The van der Waals surface area contributed by atoms with Gasteiger partial charge in [0.05, 0.1) is 39.9 Å². The molecule has 0 aromatic heterocycles. The predicted molar refractivity (Wildman–Crippen MR) is 127 cm³/mol. The molecule has 0 saturated heterocycles. The van der Waals surface area contributed by atoms with E-state index >= 15 is 0 Å². The van der Waals surface area contributed by atoms with Crippen LogP contribution in [0.25, 0.3) is 0 Å². The van der Waals surface area contributed by atoms with Crippen molar-refractivity contribution in [2.24, 2.45) is 5.73 Å². The molecular formula is C26H36N2O4. The van der Waals surface area contributed by atoms with Crippen LogP contribution in [0.2, 0.25) is 0 Å². The molecule has 2 N–H and O–H groups in total. The fourth-order valence-corrected chi connectivity index (χ4v) is 4.06. The Labute approximate surface area is 192 Å². The Morgan fingerprint density at radius 3 is 2.03 bits per heavy atom. The van der Waals surface area contributed by atoms with Crippen molar-refractivity contribution < 1.29 is 18.9 Å². The van der Waals surface area contributed by atoms with Crippen molar-refractivity contribution >= 4 is 0 Å². The molecule has 32 heavy (non-hydrogen) atoms. The van der Waals surface area contributed by atoms with Gasteiger partial charge in [-0.15, -0.1) is 0 Å². The fourth-order valence-electron chi connectivity index (χ4n) is 4.06. The van der Waals surface area contributed by atoms with E-state index < -0.39 is 5.41 Å². The average molecular weight is 441 g/mol. The highest BCUT2D eigenvalue weighted by Gasteiger charge is 2.31. The number of nitrogens with zero attached hydrogens (tertiary/aromatic N) is 1. The molecule has 2 rings (SSSR count). The van der Waals surface area contributed by atoms with Crippen LogP contribution in [-0.4, -0.2) is 34.5 Å². The van der Waals surface area contributed by atoms with Gasteiger partial charge in [-0.25, -0.2) is 0 Å². The molecule has 0 aliphatic carbocycles. The van der Waals surface area contributed by atoms with Crippen LogP contribution in [0.5, 0.6) is 23.0 Å². The fraction of sp³-hybridized carbons (Fsp3) is 0.500. The maximum atomic E-state index is 10.1. The van der Waals surface area contributed by atoms with Crippen molar-refractivity contribution in [2.45, 2.75) is 56.9 Å². The summed E-state index contributed by atoms with van der Waals surface area (Å²) in [6.07, 6.45) is 4.96. The van der Waals surface area contributed by atoms with Gasteiger partial charge >= 0.3 is 0 Å². The Morgan fingerprint density at radius 1 is 0.875 bits per heavy atom. The SMILES string of the molecule is CC[C@](C#N)(CCC[C@H](N)CCc1ccc(OC)c(OC)c1)c1ccc(OC)c(OC)c1. The second kappa shape index (κ2) is 12.2. The molecule has 0 saturated carbocycles. The molecule has 6 heteroatoms. The number of hydrogen-bond acceptors (Lipinski definition) is 6. The first kappa shape index (κ1) is 25.4. The topological polar surface area (TPSA) is 86.7 Å². The summed E-state index contributed by atoms with van der Waals surface area (Å²) in [6, 6.07) is 14.3. The van der Waals surface area contributed by atoms with E-state index in [1.807, 2.05) is 36.4 Å². The molecule has 0 heterocycles. The van der Waals surface area contributed by atoms with Gasteiger partial charge in [0.1, 0.15) is 0 Å². The minimum atomic E-state index is -0.567. The van der Waals surface area contributed by atoms with Gasteiger partial charge in [-0.3, -0.25) is 0 Å². The van der Waals surface area contributed by atoms with E-state index in [2.05, 4.69) is 13.0 Å². The molecular weight excluding hydrogens is 404 g/mol. The highest BCUT2D eigenvalue weighted by Crippen LogP contribution is 2.38. The van der Waals surface area contributed by atoms with Gasteiger partial charge in [0, 0.05) is 6.04 Å². The normalized spacial score (nSPS) is 13.5. The van der Waals surface area contributed by atoms with Crippen LogP contribution in [0.15, 0.2) is 36.4 Å². The Bertz CT molecular complexity index is 909. The highest BCUT2D eigenvalue weighted by molar-refractivity contribution is 5.47. The molecule has 6 nitrogen and oxygen atoms in total. The number of benzene rings is 2. The van der Waals surface area contributed by atoms with Crippen LogP contribution in [0.3, 0.4) is 0 Å². The summed E-state index contributed by atoms with van der Waals surface area (Å²) in [5.74, 6) is 2.76. The third-order valence-corrected chi connectivity index (χ3v) is 6.18. The van der Waals surface area contributed by atoms with Crippen molar-refractivity contribution in [2.75, 3.05) is 28.4 Å². The van der Waals surface area contributed by atoms with E-state index in [1.165, 1.54) is 5.56 Å². The van der Waals surface area contributed by atoms with Crippen molar-refractivity contribution in [3.8, 4) is 29.1 Å². The minimum Gasteiger partial charge on any atom is -0.493 e. The van der Waals surface area contributed by atoms with Crippen molar-refractivity contribution in [1.82, 2.24) is 0 Å². The molecule has 0 spiro atoms. The maximum Gasteiger partial charge on any atom is 0.161 e. The Morgan fingerprint density at radius 2 is 1.47 bits per heavy atom. The first-order chi connectivity index (χ1) is 15.5. The molecule has 0 unspecified atom stereocenters. The molecule has 2 aromatic rings. The molecule has 0 aliphatic rings. The second-order valence-electron chi connectivity index (χ2n) is 8.00. The van der Waals surface area contributed by atoms with Crippen LogP contribution in [0, 0.1) is 11.3 Å². The summed E-state index contributed by atoms with van der Waals surface area (Å²) in [6.45, 7) is 2.05. The van der Waals surface area contributed by atoms with Crippen LogP contribution in [-0.2, 0) is 11.8 Å². The Hall–Kier alpha value is -2.91. The lowest BCUT2D eigenvalue weighted by atomic mass is 9.75. The summed E-state index contributed by atoms with van der Waals surface area (Å²) >= 11 is 0.